The zero-order valence-corrected chi connectivity index (χ0v) is 23.4. The molecule has 1 rings (SSSR count). The second-order valence-corrected chi connectivity index (χ2v) is 9.86. The molecule has 1 saturated heterocycles. The molecular formula is C31H52O6. The lowest BCUT2D eigenvalue weighted by molar-refractivity contribution is -0.161. The van der Waals surface area contributed by atoms with E-state index in [-0.39, 0.29) is 31.6 Å². The van der Waals surface area contributed by atoms with E-state index in [1.807, 2.05) is 0 Å². The molecule has 0 bridgehead atoms. The zero-order valence-electron chi connectivity index (χ0n) is 23.4. The highest BCUT2D eigenvalue weighted by Gasteiger charge is 2.35. The molecule has 0 amide bonds. The molecule has 6 nitrogen and oxygen atoms in total. The average molecular weight is 521 g/mol. The number of allylic oxidation sites excluding steroid dienone is 4. The molecular weight excluding hydrogens is 468 g/mol. The number of ether oxygens (including phenoxy) is 3. The van der Waals surface area contributed by atoms with Gasteiger partial charge in [-0.15, -0.1) is 0 Å². The van der Waals surface area contributed by atoms with E-state index in [4.69, 9.17) is 14.2 Å². The number of esters is 2. The summed E-state index contributed by atoms with van der Waals surface area (Å²) >= 11 is 0. The molecule has 0 aromatic heterocycles. The maximum absolute atomic E-state index is 12.0. The molecule has 2 unspecified atom stereocenters. The van der Waals surface area contributed by atoms with E-state index in [2.05, 4.69) is 50.3 Å². The molecule has 0 aromatic carbocycles. The van der Waals surface area contributed by atoms with Crippen molar-refractivity contribution in [1.82, 2.24) is 0 Å². The zero-order chi connectivity index (χ0) is 27.0. The molecule has 37 heavy (non-hydrogen) atoms. The molecule has 1 fully saturated rings. The van der Waals surface area contributed by atoms with Crippen LogP contribution in [0.2, 0.25) is 0 Å². The van der Waals surface area contributed by atoms with Crippen LogP contribution in [0.25, 0.3) is 0 Å². The van der Waals surface area contributed by atoms with Gasteiger partial charge in [-0.1, -0.05) is 88.8 Å². The SMILES string of the molecule is CCCCC/C=C\C/C=C\CC1OC1C/C=C\CCCC(=O)O[C@@H](CO)COC(=O)CCCCCCC. The summed E-state index contributed by atoms with van der Waals surface area (Å²) in [5.41, 5.74) is 0. The summed E-state index contributed by atoms with van der Waals surface area (Å²) in [6.45, 7) is 3.92. The summed E-state index contributed by atoms with van der Waals surface area (Å²) in [5, 5.41) is 9.41. The molecule has 0 spiro atoms. The minimum atomic E-state index is -0.799. The van der Waals surface area contributed by atoms with Crippen molar-refractivity contribution in [1.29, 1.82) is 0 Å². The number of aliphatic hydroxyl groups excluding tert-OH is 1. The van der Waals surface area contributed by atoms with Crippen LogP contribution >= 0.6 is 0 Å². The van der Waals surface area contributed by atoms with Crippen molar-refractivity contribution in [2.45, 2.75) is 135 Å². The maximum Gasteiger partial charge on any atom is 0.306 e. The summed E-state index contributed by atoms with van der Waals surface area (Å²) in [7, 11) is 0. The van der Waals surface area contributed by atoms with Crippen molar-refractivity contribution < 1.29 is 28.9 Å². The monoisotopic (exact) mass is 520 g/mol. The maximum atomic E-state index is 12.0. The van der Waals surface area contributed by atoms with Crippen LogP contribution < -0.4 is 0 Å². The van der Waals surface area contributed by atoms with Crippen LogP contribution in [0, 0.1) is 0 Å². The highest BCUT2D eigenvalue weighted by molar-refractivity contribution is 5.70. The highest BCUT2D eigenvalue weighted by Crippen LogP contribution is 2.29. The van der Waals surface area contributed by atoms with Crippen LogP contribution in [0.4, 0.5) is 0 Å². The fourth-order valence-electron chi connectivity index (χ4n) is 3.94. The van der Waals surface area contributed by atoms with Crippen molar-refractivity contribution in [2.75, 3.05) is 13.2 Å². The average Bonchev–Trinajstić information content (AvgIpc) is 3.65. The summed E-state index contributed by atoms with van der Waals surface area (Å²) in [6, 6.07) is 0. The first-order valence-corrected chi connectivity index (χ1v) is 14.7. The summed E-state index contributed by atoms with van der Waals surface area (Å²) < 4.78 is 16.1. The predicted octanol–water partition coefficient (Wildman–Crippen LogP) is 7.15. The van der Waals surface area contributed by atoms with Gasteiger partial charge in [0.1, 0.15) is 6.61 Å². The summed E-state index contributed by atoms with van der Waals surface area (Å²) in [5.74, 6) is -0.685. The minimum absolute atomic E-state index is 0.0938. The fourth-order valence-corrected chi connectivity index (χ4v) is 3.94. The Morgan fingerprint density at radius 3 is 2.08 bits per heavy atom. The number of hydrogen-bond donors (Lipinski definition) is 1. The molecule has 1 aliphatic rings. The lowest BCUT2D eigenvalue weighted by atomic mass is 10.1. The largest absolute Gasteiger partial charge is 0.462 e. The molecule has 1 aliphatic heterocycles. The number of carbonyl (C=O) groups excluding carboxylic acids is 2. The Morgan fingerprint density at radius 2 is 1.35 bits per heavy atom. The standard InChI is InChI=1S/C31H52O6/c1-3-5-7-9-10-11-12-14-17-21-28-29(37-28)22-18-15-16-20-24-31(34)36-27(25-32)26-35-30(33)23-19-13-8-6-4-2/h10-11,14-15,17-18,27-29,32H,3-9,12-13,16,19-26H2,1-2H3/b11-10-,17-14-,18-15-/t27-,28?,29?/m0/s1. The lowest BCUT2D eigenvalue weighted by Gasteiger charge is -2.15. The van der Waals surface area contributed by atoms with Crippen LogP contribution in [0.1, 0.15) is 117 Å². The highest BCUT2D eigenvalue weighted by atomic mass is 16.6. The third kappa shape index (κ3) is 19.8. The Bertz CT molecular complexity index is 669. The molecule has 3 atom stereocenters. The van der Waals surface area contributed by atoms with Gasteiger partial charge in [-0.25, -0.2) is 0 Å². The van der Waals surface area contributed by atoms with Crippen LogP contribution in [0.5, 0.6) is 0 Å². The molecule has 1 N–H and O–H groups in total. The van der Waals surface area contributed by atoms with Gasteiger partial charge in [0.15, 0.2) is 6.10 Å². The van der Waals surface area contributed by atoms with Gasteiger partial charge in [0, 0.05) is 12.8 Å². The van der Waals surface area contributed by atoms with Crippen molar-refractivity contribution in [2.24, 2.45) is 0 Å². The van der Waals surface area contributed by atoms with Crippen LogP contribution in [0.3, 0.4) is 0 Å². The van der Waals surface area contributed by atoms with Gasteiger partial charge in [-0.2, -0.15) is 0 Å². The Balaban J connectivity index is 2.01. The number of unbranched alkanes of at least 4 members (excludes halogenated alkanes) is 8. The number of hydrogen-bond acceptors (Lipinski definition) is 6. The van der Waals surface area contributed by atoms with Crippen LogP contribution in [-0.2, 0) is 23.8 Å². The van der Waals surface area contributed by atoms with Gasteiger partial charge in [0.25, 0.3) is 0 Å². The second kappa shape index (κ2) is 23.2. The quantitative estimate of drug-likeness (QED) is 0.0629. The Kier molecular flexibility index (Phi) is 20.8. The van der Waals surface area contributed by atoms with Crippen LogP contribution in [0.15, 0.2) is 36.5 Å². The van der Waals surface area contributed by atoms with Gasteiger partial charge >= 0.3 is 11.9 Å². The first-order valence-electron chi connectivity index (χ1n) is 14.7. The van der Waals surface area contributed by atoms with Gasteiger partial charge in [0.05, 0.1) is 18.8 Å². The van der Waals surface area contributed by atoms with E-state index in [1.54, 1.807) is 0 Å². The minimum Gasteiger partial charge on any atom is -0.462 e. The van der Waals surface area contributed by atoms with E-state index in [0.29, 0.717) is 25.0 Å². The predicted molar refractivity (Wildman–Crippen MR) is 149 cm³/mol. The molecule has 212 valence electrons. The Labute approximate surface area is 225 Å². The van der Waals surface area contributed by atoms with Crippen molar-refractivity contribution >= 4 is 11.9 Å². The smallest absolute Gasteiger partial charge is 0.306 e. The summed E-state index contributed by atoms with van der Waals surface area (Å²) in [4.78, 5) is 23.8. The lowest BCUT2D eigenvalue weighted by Crippen LogP contribution is -2.28. The molecule has 0 aliphatic carbocycles. The molecule has 0 saturated carbocycles. The van der Waals surface area contributed by atoms with E-state index < -0.39 is 6.10 Å². The molecule has 0 aromatic rings. The number of epoxide rings is 1. The van der Waals surface area contributed by atoms with E-state index >= 15 is 0 Å². The van der Waals surface area contributed by atoms with Gasteiger partial charge < -0.3 is 19.3 Å². The van der Waals surface area contributed by atoms with E-state index in [0.717, 1.165) is 51.4 Å². The Morgan fingerprint density at radius 1 is 0.757 bits per heavy atom. The van der Waals surface area contributed by atoms with Crippen molar-refractivity contribution in [3.63, 3.8) is 0 Å². The third-order valence-electron chi connectivity index (χ3n) is 6.34. The van der Waals surface area contributed by atoms with Crippen LogP contribution in [-0.4, -0.2) is 48.6 Å². The van der Waals surface area contributed by atoms with E-state index in [9.17, 15) is 14.7 Å². The number of aliphatic hydroxyl groups is 1. The van der Waals surface area contributed by atoms with Crippen molar-refractivity contribution in [3.8, 4) is 0 Å². The van der Waals surface area contributed by atoms with Gasteiger partial charge in [-0.3, -0.25) is 9.59 Å². The van der Waals surface area contributed by atoms with E-state index in [1.165, 1.54) is 32.1 Å². The fraction of sp³-hybridized carbons (Fsp3) is 0.742. The second-order valence-electron chi connectivity index (χ2n) is 9.86. The van der Waals surface area contributed by atoms with Gasteiger partial charge in [0.2, 0.25) is 0 Å². The van der Waals surface area contributed by atoms with Crippen molar-refractivity contribution in [3.05, 3.63) is 36.5 Å². The normalized spacial score (nSPS) is 18.1. The van der Waals surface area contributed by atoms with Gasteiger partial charge in [-0.05, 0) is 51.4 Å². The molecule has 1 heterocycles. The summed E-state index contributed by atoms with van der Waals surface area (Å²) in [6.07, 6.45) is 28.3. The number of rotatable bonds is 24. The molecule has 6 heteroatoms. The number of carbonyl (C=O) groups is 2. The topological polar surface area (TPSA) is 85.4 Å². The molecule has 0 radical (unpaired) electrons. The Hall–Kier alpha value is -1.92. The first-order chi connectivity index (χ1) is 18.1. The first kappa shape index (κ1) is 33.1. The third-order valence-corrected chi connectivity index (χ3v) is 6.34.